The highest BCUT2D eigenvalue weighted by Gasteiger charge is 2.22. The van der Waals surface area contributed by atoms with E-state index in [1.807, 2.05) is 140 Å². The molecule has 5 rings (SSSR count). The van der Waals surface area contributed by atoms with Crippen LogP contribution in [-0.4, -0.2) is 11.9 Å². The first-order valence-electron chi connectivity index (χ1n) is 12.7. The fourth-order valence-corrected chi connectivity index (χ4v) is 4.93. The van der Waals surface area contributed by atoms with Crippen LogP contribution in [0.3, 0.4) is 0 Å². The standard InChI is InChI=1S/C33H27N3O3S/c37-32(34-26-16-20-29(21-17-26)39-28-14-8-3-9-15-28)31(24-10-4-1-5-11-24)40-30-22-18-27(19-23-30)36-33(38)35-25-12-6-2-7-13-25/h1-23,31H,(H,34,37)(H2,35,36,38). The third kappa shape index (κ3) is 7.52. The number of hydrogen-bond acceptors (Lipinski definition) is 4. The summed E-state index contributed by atoms with van der Waals surface area (Å²) >= 11 is 1.44. The zero-order valence-corrected chi connectivity index (χ0v) is 22.3. The molecule has 0 fully saturated rings. The average molecular weight is 546 g/mol. The predicted octanol–water partition coefficient (Wildman–Crippen LogP) is 8.60. The lowest BCUT2D eigenvalue weighted by molar-refractivity contribution is -0.115. The smallest absolute Gasteiger partial charge is 0.323 e. The van der Waals surface area contributed by atoms with E-state index in [9.17, 15) is 9.59 Å². The molecule has 1 unspecified atom stereocenters. The Bertz CT molecular complexity index is 1530. The molecule has 1 atom stereocenters. The Morgan fingerprint density at radius 2 is 1.00 bits per heavy atom. The van der Waals surface area contributed by atoms with E-state index in [-0.39, 0.29) is 11.9 Å². The van der Waals surface area contributed by atoms with Crippen LogP contribution < -0.4 is 20.7 Å². The van der Waals surface area contributed by atoms with Crippen molar-refractivity contribution in [1.29, 1.82) is 0 Å². The SMILES string of the molecule is O=C(Nc1ccccc1)Nc1ccc(SC(C(=O)Nc2ccc(Oc3ccccc3)cc2)c2ccccc2)cc1. The van der Waals surface area contributed by atoms with Gasteiger partial charge in [-0.2, -0.15) is 0 Å². The van der Waals surface area contributed by atoms with Crippen LogP contribution in [0.4, 0.5) is 21.9 Å². The first-order chi connectivity index (χ1) is 19.6. The molecule has 3 amide bonds. The lowest BCUT2D eigenvalue weighted by atomic mass is 10.1. The summed E-state index contributed by atoms with van der Waals surface area (Å²) < 4.78 is 5.85. The summed E-state index contributed by atoms with van der Waals surface area (Å²) in [5.41, 5.74) is 2.92. The number of urea groups is 1. The van der Waals surface area contributed by atoms with Gasteiger partial charge in [-0.15, -0.1) is 11.8 Å². The number of nitrogens with one attached hydrogen (secondary N) is 3. The van der Waals surface area contributed by atoms with Crippen molar-refractivity contribution >= 4 is 40.8 Å². The van der Waals surface area contributed by atoms with Crippen LogP contribution >= 0.6 is 11.8 Å². The van der Waals surface area contributed by atoms with Gasteiger partial charge < -0.3 is 20.7 Å². The molecular formula is C33H27N3O3S. The molecule has 0 saturated heterocycles. The van der Waals surface area contributed by atoms with Gasteiger partial charge in [-0.05, 0) is 78.4 Å². The minimum atomic E-state index is -0.485. The number of ether oxygens (including phenoxy) is 1. The summed E-state index contributed by atoms with van der Waals surface area (Å²) in [6.45, 7) is 0. The molecule has 5 aromatic rings. The molecule has 0 bridgehead atoms. The van der Waals surface area contributed by atoms with E-state index in [1.165, 1.54) is 11.8 Å². The largest absolute Gasteiger partial charge is 0.457 e. The highest BCUT2D eigenvalue weighted by atomic mass is 32.2. The molecule has 5 aromatic carbocycles. The molecule has 0 heterocycles. The summed E-state index contributed by atoms with van der Waals surface area (Å²) in [6, 6.07) is 42.8. The molecule has 7 heteroatoms. The van der Waals surface area contributed by atoms with E-state index >= 15 is 0 Å². The van der Waals surface area contributed by atoms with Gasteiger partial charge in [-0.25, -0.2) is 4.79 Å². The van der Waals surface area contributed by atoms with Crippen LogP contribution in [-0.2, 0) is 4.79 Å². The van der Waals surface area contributed by atoms with Crippen LogP contribution in [0.25, 0.3) is 0 Å². The predicted molar refractivity (Wildman–Crippen MR) is 162 cm³/mol. The number of rotatable bonds is 9. The number of para-hydroxylation sites is 2. The number of anilines is 3. The van der Waals surface area contributed by atoms with Gasteiger partial charge in [0.05, 0.1) is 0 Å². The van der Waals surface area contributed by atoms with Crippen molar-refractivity contribution < 1.29 is 14.3 Å². The van der Waals surface area contributed by atoms with Crippen LogP contribution in [0, 0.1) is 0 Å². The second-order valence-corrected chi connectivity index (χ2v) is 9.99. The molecular weight excluding hydrogens is 518 g/mol. The molecule has 6 nitrogen and oxygen atoms in total. The number of thioether (sulfide) groups is 1. The van der Waals surface area contributed by atoms with Gasteiger partial charge >= 0.3 is 6.03 Å². The lowest BCUT2D eigenvalue weighted by Gasteiger charge is -2.18. The highest BCUT2D eigenvalue weighted by Crippen LogP contribution is 2.37. The van der Waals surface area contributed by atoms with Crippen molar-refractivity contribution in [3.8, 4) is 11.5 Å². The van der Waals surface area contributed by atoms with Crippen molar-refractivity contribution in [2.24, 2.45) is 0 Å². The molecule has 0 aromatic heterocycles. The minimum absolute atomic E-state index is 0.141. The summed E-state index contributed by atoms with van der Waals surface area (Å²) in [5.74, 6) is 1.29. The Morgan fingerprint density at radius 1 is 0.525 bits per heavy atom. The second kappa shape index (κ2) is 13.2. The maximum Gasteiger partial charge on any atom is 0.323 e. The third-order valence-corrected chi connectivity index (χ3v) is 7.11. The third-order valence-electron chi connectivity index (χ3n) is 5.84. The number of carbonyl (C=O) groups excluding carboxylic acids is 2. The van der Waals surface area contributed by atoms with E-state index < -0.39 is 5.25 Å². The molecule has 198 valence electrons. The number of amides is 3. The van der Waals surface area contributed by atoms with E-state index in [0.717, 1.165) is 16.2 Å². The highest BCUT2D eigenvalue weighted by molar-refractivity contribution is 8.00. The molecule has 0 aliphatic carbocycles. The molecule has 0 aliphatic rings. The molecule has 0 radical (unpaired) electrons. The van der Waals surface area contributed by atoms with Crippen molar-refractivity contribution in [3.05, 3.63) is 145 Å². The van der Waals surface area contributed by atoms with Crippen molar-refractivity contribution in [1.82, 2.24) is 0 Å². The maximum absolute atomic E-state index is 13.5. The average Bonchev–Trinajstić information content (AvgIpc) is 2.99. The fourth-order valence-electron chi connectivity index (χ4n) is 3.91. The van der Waals surface area contributed by atoms with Crippen molar-refractivity contribution in [2.75, 3.05) is 16.0 Å². The number of benzene rings is 5. The van der Waals surface area contributed by atoms with E-state index in [2.05, 4.69) is 16.0 Å². The first-order valence-corrected chi connectivity index (χ1v) is 13.6. The molecule has 0 spiro atoms. The molecule has 0 aliphatic heterocycles. The van der Waals surface area contributed by atoms with Gasteiger partial charge in [-0.3, -0.25) is 4.79 Å². The molecule has 3 N–H and O–H groups in total. The Hall–Kier alpha value is -5.01. The first kappa shape index (κ1) is 26.6. The zero-order valence-electron chi connectivity index (χ0n) is 21.5. The van der Waals surface area contributed by atoms with Gasteiger partial charge in [0.15, 0.2) is 0 Å². The van der Waals surface area contributed by atoms with Crippen LogP contribution in [0.2, 0.25) is 0 Å². The van der Waals surface area contributed by atoms with Gasteiger partial charge in [0, 0.05) is 22.0 Å². The lowest BCUT2D eigenvalue weighted by Crippen LogP contribution is -2.19. The molecule has 40 heavy (non-hydrogen) atoms. The van der Waals surface area contributed by atoms with Crippen molar-refractivity contribution in [3.63, 3.8) is 0 Å². The summed E-state index contributed by atoms with van der Waals surface area (Å²) in [5, 5.41) is 8.17. The van der Waals surface area contributed by atoms with E-state index in [4.69, 9.17) is 4.74 Å². The Labute approximate surface area is 237 Å². The van der Waals surface area contributed by atoms with Gasteiger partial charge in [-0.1, -0.05) is 66.7 Å². The second-order valence-electron chi connectivity index (χ2n) is 8.81. The maximum atomic E-state index is 13.5. The Morgan fingerprint density at radius 3 is 1.62 bits per heavy atom. The summed E-state index contributed by atoms with van der Waals surface area (Å²) in [4.78, 5) is 26.7. The van der Waals surface area contributed by atoms with E-state index in [0.29, 0.717) is 22.8 Å². The van der Waals surface area contributed by atoms with Crippen LogP contribution in [0.5, 0.6) is 11.5 Å². The van der Waals surface area contributed by atoms with Gasteiger partial charge in [0.25, 0.3) is 0 Å². The monoisotopic (exact) mass is 545 g/mol. The quantitative estimate of drug-likeness (QED) is 0.162. The van der Waals surface area contributed by atoms with Gasteiger partial charge in [0.1, 0.15) is 16.7 Å². The summed E-state index contributed by atoms with van der Waals surface area (Å²) in [6.07, 6.45) is 0. The van der Waals surface area contributed by atoms with Crippen LogP contribution in [0.1, 0.15) is 10.8 Å². The summed E-state index contributed by atoms with van der Waals surface area (Å²) in [7, 11) is 0. The topological polar surface area (TPSA) is 79.5 Å². The Balaban J connectivity index is 1.23. The van der Waals surface area contributed by atoms with E-state index in [1.54, 1.807) is 0 Å². The number of hydrogen-bond donors (Lipinski definition) is 3. The Kier molecular flexibility index (Phi) is 8.76. The van der Waals surface area contributed by atoms with Gasteiger partial charge in [0.2, 0.25) is 5.91 Å². The zero-order chi connectivity index (χ0) is 27.6. The molecule has 0 saturated carbocycles. The fraction of sp³-hybridized carbons (Fsp3) is 0.0303. The number of carbonyl (C=O) groups is 2. The minimum Gasteiger partial charge on any atom is -0.457 e. The normalized spacial score (nSPS) is 11.2. The van der Waals surface area contributed by atoms with Crippen LogP contribution in [0.15, 0.2) is 144 Å². The van der Waals surface area contributed by atoms with Crippen molar-refractivity contribution in [2.45, 2.75) is 10.1 Å².